The van der Waals surface area contributed by atoms with Crippen LogP contribution in [-0.4, -0.2) is 86.6 Å². The fourth-order valence-corrected chi connectivity index (χ4v) is 0. The summed E-state index contributed by atoms with van der Waals surface area (Å²) < 4.78 is 0. The van der Waals surface area contributed by atoms with E-state index in [0.717, 1.165) is 0 Å². The molecule has 0 spiro atoms. The van der Waals surface area contributed by atoms with E-state index < -0.39 is 0 Å². The average molecular weight is 326 g/mol. The molecule has 0 aliphatic rings. The molecule has 0 aromatic heterocycles. The Labute approximate surface area is 155 Å². The predicted molar refractivity (Wildman–Crippen MR) is 12.2 cm³/mol. The van der Waals surface area contributed by atoms with Crippen LogP contribution in [0.3, 0.4) is 0 Å². The van der Waals surface area contributed by atoms with Crippen LogP contribution in [0, 0.1) is 0 Å². The quantitative estimate of drug-likeness (QED) is 0.408. The van der Waals surface area contributed by atoms with Crippen LogP contribution in [0.1, 0.15) is 0 Å². The maximum absolute atomic E-state index is 0. The number of rotatable bonds is 0. The smallest absolute Gasteiger partial charge is 2.00 e. The van der Waals surface area contributed by atoms with Gasteiger partial charge in [-0.15, -0.1) is 0 Å². The molecule has 0 aliphatic carbocycles. The topological polar surface area (TPSA) is 28.5 Å². The summed E-state index contributed by atoms with van der Waals surface area (Å²) in [5, 5.41) is 0. The Morgan fingerprint density at radius 3 is 1.00 bits per heavy atom. The van der Waals surface area contributed by atoms with Crippen molar-refractivity contribution in [3.63, 3.8) is 0 Å². The first-order valence-corrected chi connectivity index (χ1v) is 0. The largest absolute Gasteiger partial charge is 2.00 e. The summed E-state index contributed by atoms with van der Waals surface area (Å²) in [6.07, 6.45) is 0. The minimum absolute atomic E-state index is 0. The fraction of sp³-hybridized carbons (Fsp3) is 0. The van der Waals surface area contributed by atoms with Gasteiger partial charge in [0, 0.05) is 0 Å². The van der Waals surface area contributed by atoms with Gasteiger partial charge in [0.15, 0.2) is 0 Å². The van der Waals surface area contributed by atoms with Crippen molar-refractivity contribution in [1.29, 1.82) is 0 Å². The maximum Gasteiger partial charge on any atom is 2.00 e. The molecular weight excluding hydrogens is 326 g/mol. The Hall–Kier alpha value is 4.84. The van der Waals surface area contributed by atoms with Gasteiger partial charge < -0.3 is 5.48 Å². The third-order valence-corrected chi connectivity index (χ3v) is 0. The van der Waals surface area contributed by atoms with Gasteiger partial charge in [0.2, 0.25) is 0 Å². The second-order valence-electron chi connectivity index (χ2n) is 0. The first-order valence-electron chi connectivity index (χ1n) is 0. The normalized spacial score (nSPS) is 0. The molecule has 0 rings (SSSR count). The molecule has 0 atom stereocenters. The average Bonchev–Trinajstić information content (AvgIpc) is 0. The molecule has 0 aromatic rings. The van der Waals surface area contributed by atoms with Crippen molar-refractivity contribution in [3.8, 4) is 0 Å². The molecule has 0 N–H and O–H groups in total. The van der Waals surface area contributed by atoms with Crippen molar-refractivity contribution in [2.45, 2.75) is 0 Å². The van der Waals surface area contributed by atoms with Gasteiger partial charge in [0.25, 0.3) is 0 Å². The fourth-order valence-electron chi connectivity index (χ4n) is 0. The first-order chi connectivity index (χ1) is 0. The van der Waals surface area contributed by atoms with Crippen molar-refractivity contribution in [2.24, 2.45) is 0 Å². The molecule has 0 aromatic carbocycles. The zero-order chi connectivity index (χ0) is 0. The van der Waals surface area contributed by atoms with E-state index in [1.165, 1.54) is 0 Å². The second-order valence-corrected chi connectivity index (χ2v) is 0. The van der Waals surface area contributed by atoms with Gasteiger partial charge >= 0.3 is 156 Å². The molecule has 0 radical (unpaired) electrons. The van der Waals surface area contributed by atoms with E-state index in [4.69, 9.17) is 0 Å². The molecule has 0 fully saturated rings. The van der Waals surface area contributed by atoms with E-state index in [0.29, 0.717) is 0 Å². The van der Waals surface area contributed by atoms with E-state index in [9.17, 15) is 0 Å². The molecule has 0 heterocycles. The second kappa shape index (κ2) is 15.7. The summed E-state index contributed by atoms with van der Waals surface area (Å²) >= 11 is 0. The van der Waals surface area contributed by atoms with E-state index in [1.54, 1.807) is 0 Å². The zero-order valence-electron chi connectivity index (χ0n) is 2.82. The summed E-state index contributed by atoms with van der Waals surface area (Å²) in [6.45, 7) is 0. The van der Waals surface area contributed by atoms with Crippen molar-refractivity contribution < 1.29 is 74.4 Å². The molecule has 0 saturated heterocycles. The van der Waals surface area contributed by atoms with Crippen molar-refractivity contribution in [2.75, 3.05) is 0 Å². The molecule has 0 bridgehead atoms. The molecule has 0 unspecified atom stereocenters. The summed E-state index contributed by atoms with van der Waals surface area (Å²) in [5.74, 6) is 0. The van der Waals surface area contributed by atoms with E-state index in [-0.39, 0.29) is 161 Å². The van der Waals surface area contributed by atoms with Crippen LogP contribution >= 0.6 is 0 Å². The molecule has 0 saturated carbocycles. The van der Waals surface area contributed by atoms with Crippen LogP contribution in [0.4, 0.5) is 0 Å². The first kappa shape index (κ1) is 23.2. The van der Waals surface area contributed by atoms with Gasteiger partial charge in [0.05, 0.1) is 0 Å². The molecule has 0 amide bonds. The van der Waals surface area contributed by atoms with Gasteiger partial charge in [-0.25, -0.2) is 0 Å². The summed E-state index contributed by atoms with van der Waals surface area (Å²) in [5.41, 5.74) is 0. The Bertz CT molecular complexity index is 8.00. The van der Waals surface area contributed by atoms with Crippen LogP contribution in [0.2, 0.25) is 0 Å². The number of hydrogen-bond acceptors (Lipinski definition) is 0. The van der Waals surface area contributed by atoms with E-state index in [2.05, 4.69) is 0 Å². The molecule has 4 heavy (non-hydrogen) atoms. The Morgan fingerprint density at radius 1 is 1.00 bits per heavy atom. The van der Waals surface area contributed by atoms with Crippen LogP contribution in [-0.2, 0) is 5.48 Å². The summed E-state index contributed by atoms with van der Waals surface area (Å²) in [6, 6.07) is 0. The maximum atomic E-state index is 0. The monoisotopic (exact) mass is 327 g/mol. The Balaban J connectivity index is 0. The van der Waals surface area contributed by atoms with Gasteiger partial charge in [-0.1, -0.05) is 0 Å². The minimum atomic E-state index is 0. The van der Waals surface area contributed by atoms with Crippen LogP contribution in [0.5, 0.6) is 0 Å². The third-order valence-electron chi connectivity index (χ3n) is 0. The number of hydrogen-bond donors (Lipinski definition) is 0. The Kier molecular flexibility index (Phi) is 90.8. The SMILES string of the molecule is [Ba+2].[Ca+2].[Cs+].[O-2]. The van der Waals surface area contributed by atoms with Gasteiger partial charge in [-0.2, -0.15) is 0 Å². The van der Waals surface area contributed by atoms with Gasteiger partial charge in [-0.3, -0.25) is 0 Å². The van der Waals surface area contributed by atoms with E-state index in [1.807, 2.05) is 0 Å². The molecule has 4 heteroatoms. The van der Waals surface area contributed by atoms with Crippen molar-refractivity contribution >= 4 is 86.6 Å². The third kappa shape index (κ3) is 9.96. The van der Waals surface area contributed by atoms with Crippen LogP contribution in [0.25, 0.3) is 0 Å². The molecule has 0 aliphatic heterocycles. The van der Waals surface area contributed by atoms with Crippen molar-refractivity contribution in [1.82, 2.24) is 0 Å². The predicted octanol–water partition coefficient (Wildman–Crippen LogP) is -3.88. The van der Waals surface area contributed by atoms with Gasteiger partial charge in [-0.05, 0) is 0 Å². The van der Waals surface area contributed by atoms with Gasteiger partial charge in [0.1, 0.15) is 0 Å². The van der Waals surface area contributed by atoms with Crippen LogP contribution in [0.15, 0.2) is 0 Å². The zero-order valence-corrected chi connectivity index (χ0v) is 15.8. The summed E-state index contributed by atoms with van der Waals surface area (Å²) in [7, 11) is 0. The summed E-state index contributed by atoms with van der Waals surface area (Å²) in [4.78, 5) is 0. The molecule has 8 valence electrons. The molecule has 1 nitrogen and oxygen atoms in total. The van der Waals surface area contributed by atoms with Crippen LogP contribution < -0.4 is 68.9 Å². The minimum Gasteiger partial charge on any atom is -2.00 e. The van der Waals surface area contributed by atoms with Crippen molar-refractivity contribution in [3.05, 3.63) is 0 Å². The standard InChI is InChI=1S/Ba.Ca.Cs.O/q2*+2;+1;-2. The van der Waals surface area contributed by atoms with E-state index >= 15 is 0 Å². The molecular formula is BaCaCsO+3. The Morgan fingerprint density at radius 2 is 1.00 bits per heavy atom.